The third kappa shape index (κ3) is 3.19. The van der Waals surface area contributed by atoms with E-state index < -0.39 is 0 Å². The van der Waals surface area contributed by atoms with Crippen LogP contribution in [0.25, 0.3) is 0 Å². The molecule has 18 heavy (non-hydrogen) atoms. The van der Waals surface area contributed by atoms with Crippen LogP contribution in [0.5, 0.6) is 0 Å². The van der Waals surface area contributed by atoms with Gasteiger partial charge in [-0.05, 0) is 18.6 Å². The number of pyridine rings is 1. The van der Waals surface area contributed by atoms with Crippen molar-refractivity contribution in [3.8, 4) is 6.07 Å². The standard InChI is InChI=1S/C13H19N5/c1-11-2-3-16-13(12(11)10-14)17-6-9-18-7-4-15-5-8-18/h2-3,15H,4-9H2,1H3,(H,16,17). The molecular formula is C13H19N5. The van der Waals surface area contributed by atoms with E-state index in [9.17, 15) is 0 Å². The number of anilines is 1. The van der Waals surface area contributed by atoms with E-state index in [4.69, 9.17) is 5.26 Å². The summed E-state index contributed by atoms with van der Waals surface area (Å²) in [6, 6.07) is 4.06. The largest absolute Gasteiger partial charge is 0.368 e. The number of rotatable bonds is 4. The lowest BCUT2D eigenvalue weighted by atomic mass is 10.1. The molecular weight excluding hydrogens is 226 g/mol. The molecule has 2 N–H and O–H groups in total. The minimum absolute atomic E-state index is 0.651. The Morgan fingerprint density at radius 1 is 1.50 bits per heavy atom. The van der Waals surface area contributed by atoms with Gasteiger partial charge >= 0.3 is 0 Å². The maximum atomic E-state index is 9.10. The molecule has 0 radical (unpaired) electrons. The van der Waals surface area contributed by atoms with Crippen LogP contribution in [-0.2, 0) is 0 Å². The van der Waals surface area contributed by atoms with E-state index in [2.05, 4.69) is 26.6 Å². The van der Waals surface area contributed by atoms with Crippen LogP contribution in [0.15, 0.2) is 12.3 Å². The van der Waals surface area contributed by atoms with Gasteiger partial charge in [0.2, 0.25) is 0 Å². The molecule has 2 rings (SSSR count). The van der Waals surface area contributed by atoms with Gasteiger partial charge in [0.15, 0.2) is 0 Å². The fraction of sp³-hybridized carbons (Fsp3) is 0.538. The van der Waals surface area contributed by atoms with Crippen LogP contribution in [-0.4, -0.2) is 49.2 Å². The Bertz CT molecular complexity index is 431. The van der Waals surface area contributed by atoms with Crippen molar-refractivity contribution in [3.63, 3.8) is 0 Å². The Labute approximate surface area is 108 Å². The number of piperazine rings is 1. The molecule has 2 heterocycles. The fourth-order valence-electron chi connectivity index (χ4n) is 2.10. The second-order valence-corrected chi connectivity index (χ2v) is 4.48. The van der Waals surface area contributed by atoms with Crippen LogP contribution in [0.4, 0.5) is 5.82 Å². The van der Waals surface area contributed by atoms with Gasteiger partial charge in [0.25, 0.3) is 0 Å². The average molecular weight is 245 g/mol. The summed E-state index contributed by atoms with van der Waals surface area (Å²) < 4.78 is 0. The summed E-state index contributed by atoms with van der Waals surface area (Å²) in [5.74, 6) is 0.702. The third-order valence-electron chi connectivity index (χ3n) is 3.20. The Hall–Kier alpha value is -1.64. The molecule has 1 saturated heterocycles. The van der Waals surface area contributed by atoms with E-state index in [-0.39, 0.29) is 0 Å². The Morgan fingerprint density at radius 3 is 3.00 bits per heavy atom. The second-order valence-electron chi connectivity index (χ2n) is 4.48. The summed E-state index contributed by atoms with van der Waals surface area (Å²) in [5, 5.41) is 15.7. The van der Waals surface area contributed by atoms with Gasteiger partial charge in [-0.2, -0.15) is 5.26 Å². The van der Waals surface area contributed by atoms with Gasteiger partial charge < -0.3 is 10.6 Å². The number of nitrogens with zero attached hydrogens (tertiary/aromatic N) is 3. The summed E-state index contributed by atoms with van der Waals surface area (Å²) in [7, 11) is 0. The van der Waals surface area contributed by atoms with Gasteiger partial charge in [0.1, 0.15) is 11.9 Å². The number of nitrogens with one attached hydrogen (secondary N) is 2. The molecule has 1 fully saturated rings. The zero-order chi connectivity index (χ0) is 12.8. The smallest absolute Gasteiger partial charge is 0.144 e. The highest BCUT2D eigenvalue weighted by Gasteiger charge is 2.10. The van der Waals surface area contributed by atoms with Crippen molar-refractivity contribution in [1.29, 1.82) is 5.26 Å². The minimum Gasteiger partial charge on any atom is -0.368 e. The van der Waals surface area contributed by atoms with Gasteiger partial charge in [-0.1, -0.05) is 0 Å². The van der Waals surface area contributed by atoms with Gasteiger partial charge in [-0.25, -0.2) is 4.98 Å². The van der Waals surface area contributed by atoms with Gasteiger partial charge in [0, 0.05) is 45.5 Å². The molecule has 0 bridgehead atoms. The van der Waals surface area contributed by atoms with Crippen LogP contribution in [0.2, 0.25) is 0 Å². The first-order valence-electron chi connectivity index (χ1n) is 6.34. The lowest BCUT2D eigenvalue weighted by molar-refractivity contribution is 0.249. The number of nitriles is 1. The second kappa shape index (κ2) is 6.34. The predicted molar refractivity (Wildman–Crippen MR) is 71.5 cm³/mol. The first kappa shape index (κ1) is 12.8. The number of aryl methyl sites for hydroxylation is 1. The van der Waals surface area contributed by atoms with E-state index in [0.717, 1.165) is 44.8 Å². The molecule has 0 aromatic carbocycles. The lowest BCUT2D eigenvalue weighted by Crippen LogP contribution is -2.45. The molecule has 5 nitrogen and oxygen atoms in total. The monoisotopic (exact) mass is 245 g/mol. The topological polar surface area (TPSA) is 64.0 Å². The molecule has 0 atom stereocenters. The first-order valence-corrected chi connectivity index (χ1v) is 6.34. The number of hydrogen-bond acceptors (Lipinski definition) is 5. The number of hydrogen-bond donors (Lipinski definition) is 2. The van der Waals surface area contributed by atoms with Crippen molar-refractivity contribution in [2.24, 2.45) is 0 Å². The van der Waals surface area contributed by atoms with Crippen molar-refractivity contribution in [3.05, 3.63) is 23.4 Å². The molecule has 5 heteroatoms. The van der Waals surface area contributed by atoms with E-state index in [1.807, 2.05) is 13.0 Å². The van der Waals surface area contributed by atoms with Crippen LogP contribution < -0.4 is 10.6 Å². The SMILES string of the molecule is Cc1ccnc(NCCN2CCNCC2)c1C#N. The zero-order valence-electron chi connectivity index (χ0n) is 10.7. The van der Waals surface area contributed by atoms with E-state index >= 15 is 0 Å². The van der Waals surface area contributed by atoms with Gasteiger partial charge in [-0.15, -0.1) is 0 Å². The molecule has 0 amide bonds. The zero-order valence-corrected chi connectivity index (χ0v) is 10.7. The summed E-state index contributed by atoms with van der Waals surface area (Å²) in [6.07, 6.45) is 1.74. The van der Waals surface area contributed by atoms with Crippen molar-refractivity contribution in [1.82, 2.24) is 15.2 Å². The Morgan fingerprint density at radius 2 is 2.28 bits per heavy atom. The van der Waals surface area contributed by atoms with Crippen LogP contribution in [0.1, 0.15) is 11.1 Å². The van der Waals surface area contributed by atoms with Gasteiger partial charge in [0.05, 0.1) is 5.56 Å². The molecule has 0 aliphatic carbocycles. The summed E-state index contributed by atoms with van der Waals surface area (Å²) >= 11 is 0. The quantitative estimate of drug-likeness (QED) is 0.812. The fourth-order valence-corrected chi connectivity index (χ4v) is 2.10. The van der Waals surface area contributed by atoms with Crippen LogP contribution >= 0.6 is 0 Å². The molecule has 1 aliphatic rings. The minimum atomic E-state index is 0.651. The Balaban J connectivity index is 1.86. The lowest BCUT2D eigenvalue weighted by Gasteiger charge is -2.27. The molecule has 0 unspecified atom stereocenters. The first-order chi connectivity index (χ1) is 8.81. The highest BCUT2D eigenvalue weighted by Crippen LogP contribution is 2.14. The molecule has 1 aromatic rings. The third-order valence-corrected chi connectivity index (χ3v) is 3.20. The Kier molecular flexibility index (Phi) is 4.51. The average Bonchev–Trinajstić information content (AvgIpc) is 2.40. The van der Waals surface area contributed by atoms with E-state index in [1.54, 1.807) is 6.20 Å². The molecule has 1 aliphatic heterocycles. The van der Waals surface area contributed by atoms with Crippen LogP contribution in [0.3, 0.4) is 0 Å². The van der Waals surface area contributed by atoms with E-state index in [1.165, 1.54) is 0 Å². The van der Waals surface area contributed by atoms with Crippen LogP contribution in [0, 0.1) is 18.3 Å². The van der Waals surface area contributed by atoms with Crippen molar-refractivity contribution < 1.29 is 0 Å². The maximum Gasteiger partial charge on any atom is 0.144 e. The molecule has 0 spiro atoms. The highest BCUT2D eigenvalue weighted by atomic mass is 15.2. The molecule has 1 aromatic heterocycles. The maximum absolute atomic E-state index is 9.10. The predicted octanol–water partition coefficient (Wildman–Crippen LogP) is 0.579. The summed E-state index contributed by atoms with van der Waals surface area (Å²) in [5.41, 5.74) is 1.62. The van der Waals surface area contributed by atoms with Crippen molar-refractivity contribution in [2.45, 2.75) is 6.92 Å². The van der Waals surface area contributed by atoms with E-state index in [0.29, 0.717) is 11.4 Å². The molecule has 96 valence electrons. The highest BCUT2D eigenvalue weighted by molar-refractivity contribution is 5.55. The normalized spacial score (nSPS) is 16.2. The van der Waals surface area contributed by atoms with Crippen molar-refractivity contribution >= 4 is 5.82 Å². The van der Waals surface area contributed by atoms with Crippen molar-refractivity contribution in [2.75, 3.05) is 44.6 Å². The number of aromatic nitrogens is 1. The van der Waals surface area contributed by atoms with Gasteiger partial charge in [-0.3, -0.25) is 4.90 Å². The summed E-state index contributed by atoms with van der Waals surface area (Å²) in [6.45, 7) is 8.05. The molecule has 0 saturated carbocycles. The summed E-state index contributed by atoms with van der Waals surface area (Å²) in [4.78, 5) is 6.64.